The van der Waals surface area contributed by atoms with Gasteiger partial charge in [0.2, 0.25) is 5.91 Å². The summed E-state index contributed by atoms with van der Waals surface area (Å²) >= 11 is 4.73. The maximum Gasteiger partial charge on any atom is 0.251 e. The number of nitrogens with zero attached hydrogens (tertiary/aromatic N) is 3. The van der Waals surface area contributed by atoms with Crippen molar-refractivity contribution in [3.05, 3.63) is 82.6 Å². The van der Waals surface area contributed by atoms with Crippen LogP contribution in [-0.2, 0) is 11.3 Å². The molecule has 0 bridgehead atoms. The Labute approximate surface area is 212 Å². The van der Waals surface area contributed by atoms with Gasteiger partial charge >= 0.3 is 0 Å². The zero-order valence-electron chi connectivity index (χ0n) is 19.4. The zero-order valence-corrected chi connectivity index (χ0v) is 21.8. The molecule has 1 aromatic heterocycles. The summed E-state index contributed by atoms with van der Waals surface area (Å²) in [6, 6.07) is 14.4. The SMILES string of the molecule is C=CCn1c(SCC(=O)Nc2ccc(Br)cc2C)nnc1[C@H](NC(=O)c1ccccc1)C(C)C. The maximum atomic E-state index is 12.8. The number of thioether (sulfide) groups is 1. The van der Waals surface area contributed by atoms with Crippen LogP contribution in [0.2, 0.25) is 0 Å². The fourth-order valence-corrected chi connectivity index (χ4v) is 4.60. The molecule has 7 nitrogen and oxygen atoms in total. The lowest BCUT2D eigenvalue weighted by Crippen LogP contribution is -2.33. The van der Waals surface area contributed by atoms with Gasteiger partial charge in [0, 0.05) is 22.3 Å². The molecule has 2 N–H and O–H groups in total. The van der Waals surface area contributed by atoms with Gasteiger partial charge in [0.05, 0.1) is 11.8 Å². The molecule has 0 aliphatic carbocycles. The van der Waals surface area contributed by atoms with Crippen molar-refractivity contribution in [2.24, 2.45) is 5.92 Å². The summed E-state index contributed by atoms with van der Waals surface area (Å²) in [4.78, 5) is 25.4. The highest BCUT2D eigenvalue weighted by atomic mass is 79.9. The van der Waals surface area contributed by atoms with Gasteiger partial charge in [-0.1, -0.05) is 65.8 Å². The lowest BCUT2D eigenvalue weighted by atomic mass is 10.0. The second kappa shape index (κ2) is 12.0. The van der Waals surface area contributed by atoms with Crippen LogP contribution in [0.15, 0.2) is 70.8 Å². The number of halogens is 1. The molecule has 0 radical (unpaired) electrons. The predicted octanol–water partition coefficient (Wildman–Crippen LogP) is 5.39. The van der Waals surface area contributed by atoms with E-state index in [0.717, 1.165) is 15.7 Å². The number of hydrogen-bond donors (Lipinski definition) is 2. The molecule has 3 rings (SSSR count). The molecule has 9 heteroatoms. The minimum Gasteiger partial charge on any atom is -0.342 e. The summed E-state index contributed by atoms with van der Waals surface area (Å²) in [7, 11) is 0. The fourth-order valence-electron chi connectivity index (χ4n) is 3.36. The Morgan fingerprint density at radius 2 is 1.91 bits per heavy atom. The number of aromatic nitrogens is 3. The Morgan fingerprint density at radius 1 is 1.18 bits per heavy atom. The van der Waals surface area contributed by atoms with Crippen LogP contribution in [-0.4, -0.2) is 32.3 Å². The molecule has 1 atom stereocenters. The van der Waals surface area contributed by atoms with Crippen molar-refractivity contribution in [1.82, 2.24) is 20.1 Å². The molecular weight excluding hydrogens is 514 g/mol. The molecule has 1 heterocycles. The molecule has 0 saturated heterocycles. The Morgan fingerprint density at radius 3 is 2.56 bits per heavy atom. The van der Waals surface area contributed by atoms with Crippen molar-refractivity contribution in [3.8, 4) is 0 Å². The number of nitrogens with one attached hydrogen (secondary N) is 2. The Kier molecular flexibility index (Phi) is 9.06. The van der Waals surface area contributed by atoms with Crippen molar-refractivity contribution < 1.29 is 9.59 Å². The zero-order chi connectivity index (χ0) is 24.7. The van der Waals surface area contributed by atoms with E-state index in [1.807, 2.05) is 61.7 Å². The third-order valence-electron chi connectivity index (χ3n) is 5.12. The maximum absolute atomic E-state index is 12.8. The highest BCUT2D eigenvalue weighted by molar-refractivity contribution is 9.10. The molecule has 0 spiro atoms. The first kappa shape index (κ1) is 25.7. The van der Waals surface area contributed by atoms with Crippen LogP contribution in [0.3, 0.4) is 0 Å². The summed E-state index contributed by atoms with van der Waals surface area (Å²) in [5.74, 6) is 0.564. The van der Waals surface area contributed by atoms with Gasteiger partial charge in [0.25, 0.3) is 5.91 Å². The second-order valence-corrected chi connectivity index (χ2v) is 9.96. The number of aryl methyl sites for hydroxylation is 1. The molecule has 0 saturated carbocycles. The molecule has 0 aliphatic heterocycles. The fraction of sp³-hybridized carbons (Fsp3) is 0.280. The first-order valence-corrected chi connectivity index (χ1v) is 12.7. The number of allylic oxidation sites excluding steroid dienone is 1. The van der Waals surface area contributed by atoms with Crippen LogP contribution < -0.4 is 10.6 Å². The molecule has 34 heavy (non-hydrogen) atoms. The van der Waals surface area contributed by atoms with E-state index in [1.54, 1.807) is 18.2 Å². The van der Waals surface area contributed by atoms with Gasteiger partial charge in [-0.25, -0.2) is 0 Å². The van der Waals surface area contributed by atoms with Gasteiger partial charge in [0.15, 0.2) is 11.0 Å². The Balaban J connectivity index is 1.74. The predicted molar refractivity (Wildman–Crippen MR) is 140 cm³/mol. The monoisotopic (exact) mass is 541 g/mol. The topological polar surface area (TPSA) is 88.9 Å². The van der Waals surface area contributed by atoms with Crippen molar-refractivity contribution in [1.29, 1.82) is 0 Å². The highest BCUT2D eigenvalue weighted by Gasteiger charge is 2.26. The molecule has 0 fully saturated rings. The van der Waals surface area contributed by atoms with E-state index in [1.165, 1.54) is 11.8 Å². The standard InChI is InChI=1S/C25H28BrN5O2S/c1-5-13-31-23(22(16(2)3)28-24(33)18-9-7-6-8-10-18)29-30-25(31)34-15-21(32)27-20-12-11-19(26)14-17(20)4/h5-12,14,16,22H,1,13,15H2,2-4H3,(H,27,32)(H,28,33)/t22-/m1/s1. The normalized spacial score (nSPS) is 11.8. The van der Waals surface area contributed by atoms with Gasteiger partial charge in [-0.2, -0.15) is 0 Å². The van der Waals surface area contributed by atoms with Crippen LogP contribution in [0, 0.1) is 12.8 Å². The average molecular weight is 543 g/mol. The number of anilines is 1. The van der Waals surface area contributed by atoms with Crippen molar-refractivity contribution in [2.45, 2.75) is 38.5 Å². The van der Waals surface area contributed by atoms with Gasteiger partial charge in [-0.15, -0.1) is 16.8 Å². The Bertz CT molecular complexity index is 1160. The van der Waals surface area contributed by atoms with Crippen LogP contribution in [0.25, 0.3) is 0 Å². The lowest BCUT2D eigenvalue weighted by molar-refractivity contribution is -0.113. The smallest absolute Gasteiger partial charge is 0.251 e. The summed E-state index contributed by atoms with van der Waals surface area (Å²) < 4.78 is 2.85. The number of amides is 2. The first-order chi connectivity index (χ1) is 16.3. The molecule has 2 amide bonds. The minimum absolute atomic E-state index is 0.0713. The second-order valence-electron chi connectivity index (χ2n) is 8.10. The van der Waals surface area contributed by atoms with Gasteiger partial charge < -0.3 is 15.2 Å². The molecule has 178 valence electrons. The molecule has 0 unspecified atom stereocenters. The minimum atomic E-state index is -0.353. The van der Waals surface area contributed by atoms with Crippen LogP contribution >= 0.6 is 27.7 Å². The summed E-state index contributed by atoms with van der Waals surface area (Å²) in [5.41, 5.74) is 2.32. The van der Waals surface area contributed by atoms with E-state index >= 15 is 0 Å². The van der Waals surface area contributed by atoms with E-state index in [9.17, 15) is 9.59 Å². The van der Waals surface area contributed by atoms with Crippen molar-refractivity contribution >= 4 is 45.2 Å². The third-order valence-corrected chi connectivity index (χ3v) is 6.58. The van der Waals surface area contributed by atoms with Gasteiger partial charge in [0.1, 0.15) is 0 Å². The van der Waals surface area contributed by atoms with Crippen LogP contribution in [0.4, 0.5) is 5.69 Å². The van der Waals surface area contributed by atoms with E-state index in [4.69, 9.17) is 0 Å². The van der Waals surface area contributed by atoms with E-state index in [-0.39, 0.29) is 29.5 Å². The molecular formula is C25H28BrN5O2S. The Hall–Kier alpha value is -2.91. The largest absolute Gasteiger partial charge is 0.342 e. The molecule has 2 aromatic carbocycles. The van der Waals surface area contributed by atoms with E-state index in [0.29, 0.717) is 23.1 Å². The quantitative estimate of drug-likeness (QED) is 0.265. The van der Waals surface area contributed by atoms with Gasteiger partial charge in [-0.3, -0.25) is 9.59 Å². The summed E-state index contributed by atoms with van der Waals surface area (Å²) in [6.45, 7) is 10.3. The van der Waals surface area contributed by atoms with Gasteiger partial charge in [-0.05, 0) is 48.7 Å². The lowest BCUT2D eigenvalue weighted by Gasteiger charge is -2.22. The molecule has 3 aromatic rings. The number of rotatable bonds is 10. The number of carbonyl (C=O) groups excluding carboxylic acids is 2. The average Bonchev–Trinajstić information content (AvgIpc) is 3.20. The summed E-state index contributed by atoms with van der Waals surface area (Å²) in [6.07, 6.45) is 1.75. The summed E-state index contributed by atoms with van der Waals surface area (Å²) in [5, 5.41) is 15.3. The van der Waals surface area contributed by atoms with Crippen molar-refractivity contribution in [2.75, 3.05) is 11.1 Å². The number of hydrogen-bond acceptors (Lipinski definition) is 5. The van der Waals surface area contributed by atoms with Crippen LogP contribution in [0.5, 0.6) is 0 Å². The number of carbonyl (C=O) groups is 2. The highest BCUT2D eigenvalue weighted by Crippen LogP contribution is 2.26. The first-order valence-electron chi connectivity index (χ1n) is 10.9. The third kappa shape index (κ3) is 6.57. The molecule has 0 aliphatic rings. The number of benzene rings is 2. The van der Waals surface area contributed by atoms with Crippen LogP contribution in [0.1, 0.15) is 41.6 Å². The van der Waals surface area contributed by atoms with E-state index < -0.39 is 0 Å². The van der Waals surface area contributed by atoms with Crippen molar-refractivity contribution in [3.63, 3.8) is 0 Å². The van der Waals surface area contributed by atoms with E-state index in [2.05, 4.69) is 43.3 Å².